The topological polar surface area (TPSA) is 45.4 Å². The number of hydrogen-bond acceptors (Lipinski definition) is 5. The Labute approximate surface area is 101 Å². The summed E-state index contributed by atoms with van der Waals surface area (Å²) < 4.78 is 0. The molecule has 1 saturated heterocycles. The van der Waals surface area contributed by atoms with Gasteiger partial charge in [0.15, 0.2) is 0 Å². The summed E-state index contributed by atoms with van der Waals surface area (Å²) in [5, 5.41) is 1.16. The molecule has 0 amide bonds. The van der Waals surface area contributed by atoms with Crippen LogP contribution >= 0.6 is 11.3 Å². The molecule has 0 spiro atoms. The Morgan fingerprint density at radius 1 is 1.31 bits per heavy atom. The molecule has 0 aliphatic carbocycles. The average Bonchev–Trinajstić information content (AvgIpc) is 2.67. The predicted molar refractivity (Wildman–Crippen MR) is 67.6 cm³/mol. The second-order valence-corrected chi connectivity index (χ2v) is 5.57. The average molecular weight is 240 g/mol. The molecular weight excluding hydrogens is 220 g/mol. The van der Waals surface area contributed by atoms with Crippen molar-refractivity contribution in [3.05, 3.63) is 16.1 Å². The first-order chi connectivity index (χ1) is 7.78. The van der Waals surface area contributed by atoms with E-state index in [-0.39, 0.29) is 0 Å². The molecule has 2 heterocycles. The van der Waals surface area contributed by atoms with E-state index in [9.17, 15) is 0 Å². The molecule has 1 fully saturated rings. The van der Waals surface area contributed by atoms with E-state index >= 15 is 0 Å². The fourth-order valence-corrected chi connectivity index (χ4v) is 2.89. The smallest absolute Gasteiger partial charge is 0.0897 e. The molecule has 2 rings (SSSR count). The Kier molecular flexibility index (Phi) is 4.29. The Hall–Kier alpha value is -0.490. The SMILES string of the molecule is Cc1ncc(CN2CCN(CCN)CC2)s1. The van der Waals surface area contributed by atoms with Crippen LogP contribution in [0.25, 0.3) is 0 Å². The molecule has 16 heavy (non-hydrogen) atoms. The highest BCUT2D eigenvalue weighted by Crippen LogP contribution is 2.15. The summed E-state index contributed by atoms with van der Waals surface area (Å²) in [7, 11) is 0. The second-order valence-electron chi connectivity index (χ2n) is 4.25. The molecule has 1 aromatic rings. The lowest BCUT2D eigenvalue weighted by molar-refractivity contribution is 0.130. The Bertz CT molecular complexity index is 318. The zero-order valence-electron chi connectivity index (χ0n) is 9.85. The molecule has 0 atom stereocenters. The van der Waals surface area contributed by atoms with Gasteiger partial charge < -0.3 is 5.73 Å². The van der Waals surface area contributed by atoms with Crippen LogP contribution in [-0.2, 0) is 6.54 Å². The van der Waals surface area contributed by atoms with Crippen molar-refractivity contribution in [2.45, 2.75) is 13.5 Å². The van der Waals surface area contributed by atoms with Gasteiger partial charge in [-0.05, 0) is 6.92 Å². The van der Waals surface area contributed by atoms with Gasteiger partial charge >= 0.3 is 0 Å². The van der Waals surface area contributed by atoms with E-state index in [0.29, 0.717) is 0 Å². The number of thiazole rings is 1. The van der Waals surface area contributed by atoms with E-state index in [4.69, 9.17) is 5.73 Å². The van der Waals surface area contributed by atoms with Crippen LogP contribution in [0, 0.1) is 6.92 Å². The lowest BCUT2D eigenvalue weighted by Gasteiger charge is -2.34. The summed E-state index contributed by atoms with van der Waals surface area (Å²) in [4.78, 5) is 10.6. The summed E-state index contributed by atoms with van der Waals surface area (Å²) >= 11 is 1.81. The standard InChI is InChI=1S/C11H20N4S/c1-10-13-8-11(16-10)9-15-6-4-14(3-2-12)5-7-15/h8H,2-7,9,12H2,1H3. The van der Waals surface area contributed by atoms with Gasteiger partial charge in [-0.25, -0.2) is 4.98 Å². The third-order valence-electron chi connectivity index (χ3n) is 2.96. The van der Waals surface area contributed by atoms with E-state index < -0.39 is 0 Å². The number of nitrogens with two attached hydrogens (primary N) is 1. The highest BCUT2D eigenvalue weighted by Gasteiger charge is 2.16. The second kappa shape index (κ2) is 5.72. The largest absolute Gasteiger partial charge is 0.329 e. The Morgan fingerprint density at radius 2 is 2.00 bits per heavy atom. The molecule has 2 N–H and O–H groups in total. The van der Waals surface area contributed by atoms with E-state index in [1.54, 1.807) is 11.3 Å². The first-order valence-electron chi connectivity index (χ1n) is 5.84. The first kappa shape index (κ1) is 12.0. The molecule has 0 saturated carbocycles. The summed E-state index contributed by atoms with van der Waals surface area (Å²) in [5.74, 6) is 0. The summed E-state index contributed by atoms with van der Waals surface area (Å²) in [6, 6.07) is 0. The van der Waals surface area contributed by atoms with Gasteiger partial charge in [0.05, 0.1) is 5.01 Å². The first-order valence-corrected chi connectivity index (χ1v) is 6.65. The molecule has 0 aromatic carbocycles. The van der Waals surface area contributed by atoms with Crippen molar-refractivity contribution in [3.8, 4) is 0 Å². The van der Waals surface area contributed by atoms with Crippen LogP contribution < -0.4 is 5.73 Å². The van der Waals surface area contributed by atoms with Crippen LogP contribution in [0.4, 0.5) is 0 Å². The maximum absolute atomic E-state index is 5.56. The normalized spacial score (nSPS) is 19.1. The number of nitrogens with zero attached hydrogens (tertiary/aromatic N) is 3. The van der Waals surface area contributed by atoms with Gasteiger partial charge in [-0.3, -0.25) is 9.80 Å². The molecule has 1 aliphatic rings. The van der Waals surface area contributed by atoms with Crippen molar-refractivity contribution < 1.29 is 0 Å². The van der Waals surface area contributed by atoms with Crippen LogP contribution in [0.1, 0.15) is 9.88 Å². The van der Waals surface area contributed by atoms with Gasteiger partial charge in [-0.1, -0.05) is 0 Å². The number of rotatable bonds is 4. The highest BCUT2D eigenvalue weighted by atomic mass is 32.1. The van der Waals surface area contributed by atoms with Crippen molar-refractivity contribution >= 4 is 11.3 Å². The maximum atomic E-state index is 5.56. The highest BCUT2D eigenvalue weighted by molar-refractivity contribution is 7.11. The Morgan fingerprint density at radius 3 is 2.56 bits per heavy atom. The third-order valence-corrected chi connectivity index (χ3v) is 3.86. The zero-order valence-corrected chi connectivity index (χ0v) is 10.7. The van der Waals surface area contributed by atoms with Gasteiger partial charge in [-0.2, -0.15) is 0 Å². The molecule has 1 aliphatic heterocycles. The number of piperazine rings is 1. The van der Waals surface area contributed by atoms with Gasteiger partial charge in [-0.15, -0.1) is 11.3 Å². The molecule has 0 bridgehead atoms. The van der Waals surface area contributed by atoms with E-state index in [1.807, 2.05) is 6.20 Å². The maximum Gasteiger partial charge on any atom is 0.0897 e. The quantitative estimate of drug-likeness (QED) is 0.834. The van der Waals surface area contributed by atoms with Crippen molar-refractivity contribution in [3.63, 3.8) is 0 Å². The fraction of sp³-hybridized carbons (Fsp3) is 0.727. The Balaban J connectivity index is 1.77. The third kappa shape index (κ3) is 3.25. The van der Waals surface area contributed by atoms with Gasteiger partial charge in [0.2, 0.25) is 0 Å². The molecule has 0 radical (unpaired) electrons. The minimum Gasteiger partial charge on any atom is -0.329 e. The van der Waals surface area contributed by atoms with Crippen LogP contribution in [0.3, 0.4) is 0 Å². The minimum atomic E-state index is 0.772. The molecule has 4 nitrogen and oxygen atoms in total. The molecular formula is C11H20N4S. The van der Waals surface area contributed by atoms with Crippen LogP contribution in [-0.4, -0.2) is 54.1 Å². The van der Waals surface area contributed by atoms with Crippen molar-refractivity contribution in [1.82, 2.24) is 14.8 Å². The van der Waals surface area contributed by atoms with Crippen LogP contribution in [0.2, 0.25) is 0 Å². The molecule has 0 unspecified atom stereocenters. The molecule has 90 valence electrons. The summed E-state index contributed by atoms with van der Waals surface area (Å²) in [5.41, 5.74) is 5.56. The van der Waals surface area contributed by atoms with Gasteiger partial charge in [0, 0.05) is 56.9 Å². The fourth-order valence-electron chi connectivity index (χ4n) is 2.05. The van der Waals surface area contributed by atoms with E-state index in [0.717, 1.165) is 50.8 Å². The summed E-state index contributed by atoms with van der Waals surface area (Å²) in [6.45, 7) is 9.52. The van der Waals surface area contributed by atoms with Crippen LogP contribution in [0.5, 0.6) is 0 Å². The summed E-state index contributed by atoms with van der Waals surface area (Å²) in [6.07, 6.45) is 2.01. The van der Waals surface area contributed by atoms with Gasteiger partial charge in [0.25, 0.3) is 0 Å². The lowest BCUT2D eigenvalue weighted by Crippen LogP contribution is -2.47. The van der Waals surface area contributed by atoms with Crippen molar-refractivity contribution in [2.75, 3.05) is 39.3 Å². The number of hydrogen-bond donors (Lipinski definition) is 1. The van der Waals surface area contributed by atoms with Crippen molar-refractivity contribution in [2.24, 2.45) is 5.73 Å². The van der Waals surface area contributed by atoms with Gasteiger partial charge in [0.1, 0.15) is 0 Å². The minimum absolute atomic E-state index is 0.772. The predicted octanol–water partition coefficient (Wildman–Crippen LogP) is 0.528. The number of aromatic nitrogens is 1. The van der Waals surface area contributed by atoms with Crippen LogP contribution in [0.15, 0.2) is 6.20 Å². The number of aryl methyl sites for hydroxylation is 1. The van der Waals surface area contributed by atoms with Crippen molar-refractivity contribution in [1.29, 1.82) is 0 Å². The zero-order chi connectivity index (χ0) is 11.4. The van der Waals surface area contributed by atoms with E-state index in [1.165, 1.54) is 4.88 Å². The molecule has 1 aromatic heterocycles. The van der Waals surface area contributed by atoms with E-state index in [2.05, 4.69) is 21.7 Å². The lowest BCUT2D eigenvalue weighted by atomic mass is 10.3. The molecule has 5 heteroatoms. The monoisotopic (exact) mass is 240 g/mol.